The lowest BCUT2D eigenvalue weighted by Gasteiger charge is -2.38. The number of amides is 2. The molecule has 10 nitrogen and oxygen atoms in total. The van der Waals surface area contributed by atoms with Gasteiger partial charge in [0.1, 0.15) is 11.6 Å². The van der Waals surface area contributed by atoms with Gasteiger partial charge in [-0.25, -0.2) is 9.79 Å². The Bertz CT molecular complexity index is 804. The van der Waals surface area contributed by atoms with Crippen LogP contribution in [0.2, 0.25) is 0 Å². The standard InChI is InChI=1S/C26H44N6O4/c1-5-35-25(34)29-24(32-16-19(2)36-20(3)17-32)28-22(15-21-9-7-6-8-10-21)23(33)30-26(18-27)11-13-31(4)14-12-26/h19-22H,5-17H2,1-4H3,(H,30,33)(H,28,29,34)/t19?,20?,22-/m0/s1. The Balaban J connectivity index is 1.88. The molecule has 3 rings (SSSR count). The number of nitriles is 1. The van der Waals surface area contributed by atoms with Crippen molar-refractivity contribution < 1.29 is 19.1 Å². The first kappa shape index (κ1) is 28.2. The van der Waals surface area contributed by atoms with Gasteiger partial charge in [-0.15, -0.1) is 0 Å². The normalized spacial score (nSPS) is 26.5. The number of alkyl carbamates (subject to hydrolysis) is 1. The maximum atomic E-state index is 13.7. The molecule has 0 aromatic carbocycles. The van der Waals surface area contributed by atoms with E-state index in [1.807, 2.05) is 25.8 Å². The quantitative estimate of drug-likeness (QED) is 0.422. The zero-order chi connectivity index (χ0) is 26.1. The topological polar surface area (TPSA) is 119 Å². The lowest BCUT2D eigenvalue weighted by molar-refractivity contribution is -0.124. The molecule has 3 atom stereocenters. The van der Waals surface area contributed by atoms with Crippen molar-refractivity contribution in [2.24, 2.45) is 10.9 Å². The monoisotopic (exact) mass is 504 g/mol. The van der Waals surface area contributed by atoms with Crippen molar-refractivity contribution in [1.82, 2.24) is 20.4 Å². The minimum Gasteiger partial charge on any atom is -0.450 e. The van der Waals surface area contributed by atoms with E-state index in [0.717, 1.165) is 38.8 Å². The Morgan fingerprint density at radius 1 is 1.17 bits per heavy atom. The summed E-state index contributed by atoms with van der Waals surface area (Å²) in [6, 6.07) is 1.68. The molecule has 0 aromatic heterocycles. The number of hydrogen-bond donors (Lipinski definition) is 2. The molecule has 0 bridgehead atoms. The van der Waals surface area contributed by atoms with Gasteiger partial charge in [0.2, 0.25) is 11.9 Å². The number of piperidine rings is 1. The smallest absolute Gasteiger partial charge is 0.413 e. The molecule has 2 saturated heterocycles. The first-order valence-electron chi connectivity index (χ1n) is 13.6. The number of carbonyl (C=O) groups excluding carboxylic acids is 2. The Hall–Kier alpha value is -2.38. The molecule has 3 aliphatic rings. The second-order valence-electron chi connectivity index (χ2n) is 10.7. The molecule has 2 unspecified atom stereocenters. The average molecular weight is 505 g/mol. The number of ether oxygens (including phenoxy) is 2. The van der Waals surface area contributed by atoms with E-state index < -0.39 is 17.7 Å². The number of likely N-dealkylation sites (tertiary alicyclic amines) is 1. The summed E-state index contributed by atoms with van der Waals surface area (Å²) in [6.45, 7) is 8.54. The molecular formula is C26H44N6O4. The third-order valence-electron chi connectivity index (χ3n) is 7.49. The summed E-state index contributed by atoms with van der Waals surface area (Å²) in [7, 11) is 2.02. The maximum absolute atomic E-state index is 13.7. The summed E-state index contributed by atoms with van der Waals surface area (Å²) in [5.74, 6) is 0.477. The number of hydrogen-bond acceptors (Lipinski definition) is 7. The van der Waals surface area contributed by atoms with Gasteiger partial charge in [-0.2, -0.15) is 5.26 Å². The summed E-state index contributed by atoms with van der Waals surface area (Å²) in [5, 5.41) is 15.9. The Morgan fingerprint density at radius 2 is 1.81 bits per heavy atom. The Morgan fingerprint density at radius 3 is 2.39 bits per heavy atom. The van der Waals surface area contributed by atoms with Crippen molar-refractivity contribution in [2.75, 3.05) is 39.8 Å². The van der Waals surface area contributed by atoms with Crippen LogP contribution < -0.4 is 10.6 Å². The van der Waals surface area contributed by atoms with Crippen molar-refractivity contribution in [3.8, 4) is 6.07 Å². The molecule has 2 heterocycles. The highest BCUT2D eigenvalue weighted by Gasteiger charge is 2.38. The van der Waals surface area contributed by atoms with Crippen LogP contribution in [0, 0.1) is 17.2 Å². The van der Waals surface area contributed by atoms with Crippen LogP contribution in [0.15, 0.2) is 4.99 Å². The number of carbonyl (C=O) groups is 2. The molecule has 1 aliphatic carbocycles. The van der Waals surface area contributed by atoms with Gasteiger partial charge in [0, 0.05) is 26.2 Å². The van der Waals surface area contributed by atoms with E-state index in [4.69, 9.17) is 14.5 Å². The highest BCUT2D eigenvalue weighted by atomic mass is 16.5. The predicted octanol–water partition coefficient (Wildman–Crippen LogP) is 2.64. The number of aliphatic imine (C=N–C) groups is 1. The summed E-state index contributed by atoms with van der Waals surface area (Å²) >= 11 is 0. The molecule has 0 spiro atoms. The fourth-order valence-electron chi connectivity index (χ4n) is 5.49. The van der Waals surface area contributed by atoms with Gasteiger partial charge in [0.05, 0.1) is 24.9 Å². The van der Waals surface area contributed by atoms with E-state index in [9.17, 15) is 14.9 Å². The number of rotatable bonds is 6. The lowest BCUT2D eigenvalue weighted by Crippen LogP contribution is -2.57. The molecule has 2 amide bonds. The van der Waals surface area contributed by atoms with Crippen LogP contribution in [-0.2, 0) is 14.3 Å². The van der Waals surface area contributed by atoms with Crippen LogP contribution in [0.5, 0.6) is 0 Å². The molecule has 1 saturated carbocycles. The van der Waals surface area contributed by atoms with Crippen LogP contribution >= 0.6 is 0 Å². The van der Waals surface area contributed by atoms with E-state index >= 15 is 0 Å². The van der Waals surface area contributed by atoms with E-state index in [1.54, 1.807) is 6.92 Å². The van der Waals surface area contributed by atoms with Gasteiger partial charge in [0.15, 0.2) is 0 Å². The summed E-state index contributed by atoms with van der Waals surface area (Å²) in [6.07, 6.45) is 6.74. The maximum Gasteiger partial charge on any atom is 0.413 e. The zero-order valence-electron chi connectivity index (χ0n) is 22.4. The second-order valence-corrected chi connectivity index (χ2v) is 10.7. The lowest BCUT2D eigenvalue weighted by atomic mass is 9.84. The number of guanidine groups is 1. The fourth-order valence-corrected chi connectivity index (χ4v) is 5.49. The fraction of sp³-hybridized carbons (Fsp3) is 0.846. The van der Waals surface area contributed by atoms with Gasteiger partial charge in [-0.05, 0) is 53.0 Å². The molecule has 0 aromatic rings. The largest absolute Gasteiger partial charge is 0.450 e. The average Bonchev–Trinajstić information content (AvgIpc) is 2.85. The molecule has 36 heavy (non-hydrogen) atoms. The van der Waals surface area contributed by atoms with Crippen LogP contribution in [0.3, 0.4) is 0 Å². The van der Waals surface area contributed by atoms with Crippen molar-refractivity contribution in [1.29, 1.82) is 5.26 Å². The van der Waals surface area contributed by atoms with Gasteiger partial charge < -0.3 is 24.6 Å². The van der Waals surface area contributed by atoms with Crippen molar-refractivity contribution in [3.05, 3.63) is 0 Å². The van der Waals surface area contributed by atoms with Crippen molar-refractivity contribution >= 4 is 18.0 Å². The van der Waals surface area contributed by atoms with Crippen molar-refractivity contribution in [3.63, 3.8) is 0 Å². The molecule has 0 radical (unpaired) electrons. The molecule has 3 fully saturated rings. The minimum absolute atomic E-state index is 0.0466. The number of morpholine rings is 1. The summed E-state index contributed by atoms with van der Waals surface area (Å²) < 4.78 is 11.0. The summed E-state index contributed by atoms with van der Waals surface area (Å²) in [5.41, 5.74) is -0.888. The Kier molecular flexibility index (Phi) is 10.4. The van der Waals surface area contributed by atoms with Crippen molar-refractivity contribution in [2.45, 2.75) is 95.9 Å². The first-order valence-corrected chi connectivity index (χ1v) is 13.6. The SMILES string of the molecule is CCOC(=O)NC(=N[C@@H](CC1CCCCC1)C(=O)NC1(C#N)CCN(C)CC1)N1CC(C)OC(C)C1. The molecule has 202 valence electrons. The van der Waals surface area contributed by atoms with E-state index in [1.165, 1.54) is 6.42 Å². The van der Waals surface area contributed by atoms with Gasteiger partial charge >= 0.3 is 6.09 Å². The molecule has 10 heteroatoms. The van der Waals surface area contributed by atoms with Crippen LogP contribution in [0.4, 0.5) is 4.79 Å². The van der Waals surface area contributed by atoms with Crippen LogP contribution in [0.1, 0.15) is 72.1 Å². The number of nitrogens with zero attached hydrogens (tertiary/aromatic N) is 4. The van der Waals surface area contributed by atoms with Gasteiger partial charge in [0.25, 0.3) is 0 Å². The van der Waals surface area contributed by atoms with Gasteiger partial charge in [-0.3, -0.25) is 10.1 Å². The number of nitrogens with one attached hydrogen (secondary N) is 2. The molecule has 2 aliphatic heterocycles. The van der Waals surface area contributed by atoms with Gasteiger partial charge in [-0.1, -0.05) is 32.1 Å². The van der Waals surface area contributed by atoms with Crippen LogP contribution in [0.25, 0.3) is 0 Å². The second kappa shape index (κ2) is 13.2. The van der Waals surface area contributed by atoms with E-state index in [0.29, 0.717) is 44.2 Å². The molecular weight excluding hydrogens is 460 g/mol. The summed E-state index contributed by atoms with van der Waals surface area (Å²) in [4.78, 5) is 35.2. The third kappa shape index (κ3) is 8.07. The molecule has 2 N–H and O–H groups in total. The highest BCUT2D eigenvalue weighted by molar-refractivity contribution is 5.96. The zero-order valence-corrected chi connectivity index (χ0v) is 22.4. The van der Waals surface area contributed by atoms with Crippen LogP contribution in [-0.4, -0.2) is 91.4 Å². The van der Waals surface area contributed by atoms with E-state index in [-0.39, 0.29) is 24.7 Å². The highest BCUT2D eigenvalue weighted by Crippen LogP contribution is 2.29. The predicted molar refractivity (Wildman–Crippen MR) is 137 cm³/mol. The third-order valence-corrected chi connectivity index (χ3v) is 7.49. The Labute approximate surface area is 215 Å². The minimum atomic E-state index is -0.888. The first-order chi connectivity index (χ1) is 17.2. The van der Waals surface area contributed by atoms with E-state index in [2.05, 4.69) is 21.6 Å².